The van der Waals surface area contributed by atoms with E-state index in [9.17, 15) is 13.2 Å². The lowest BCUT2D eigenvalue weighted by Crippen LogP contribution is -2.57. The van der Waals surface area contributed by atoms with Crippen molar-refractivity contribution < 1.29 is 17.8 Å². The van der Waals surface area contributed by atoms with Crippen molar-refractivity contribution in [2.24, 2.45) is 0 Å². The number of rotatable bonds is 3. The zero-order valence-electron chi connectivity index (χ0n) is 12.7. The highest BCUT2D eigenvalue weighted by Crippen LogP contribution is 2.22. The van der Waals surface area contributed by atoms with Crippen LogP contribution >= 0.6 is 0 Å². The molecule has 1 amide bonds. The fraction of sp³-hybridized carbons (Fsp3) is 0.533. The number of nitrogens with zero attached hydrogens (tertiary/aromatic N) is 1. The molecule has 0 saturated carbocycles. The minimum Gasteiger partial charge on any atom is -0.268 e. The molecule has 1 aromatic rings. The fourth-order valence-electron chi connectivity index (χ4n) is 3.27. The zero-order chi connectivity index (χ0) is 15.8. The van der Waals surface area contributed by atoms with Crippen molar-refractivity contribution >= 4 is 15.9 Å². The molecule has 2 aliphatic heterocycles. The molecule has 0 aliphatic carbocycles. The number of piperidine rings is 1. The molecule has 120 valence electrons. The minimum absolute atomic E-state index is 0.197. The first kappa shape index (κ1) is 15.5. The monoisotopic (exact) mass is 324 g/mol. The van der Waals surface area contributed by atoms with Gasteiger partial charge in [-0.2, -0.15) is 4.72 Å². The second-order valence-corrected chi connectivity index (χ2v) is 8.01. The van der Waals surface area contributed by atoms with Crippen LogP contribution in [0.25, 0.3) is 0 Å². The Kier molecular flexibility index (Phi) is 3.96. The normalized spacial score (nSPS) is 24.4. The number of aryl methyl sites for hydroxylation is 1. The maximum atomic E-state index is 12.4. The molecule has 2 saturated heterocycles. The predicted molar refractivity (Wildman–Crippen MR) is 82.1 cm³/mol. The molecular formula is C15H22N3O3S+. The Bertz CT molecular complexity index is 664. The van der Waals surface area contributed by atoms with Gasteiger partial charge >= 0.3 is 0 Å². The Morgan fingerprint density at radius 2 is 1.77 bits per heavy atom. The van der Waals surface area contributed by atoms with E-state index in [1.807, 2.05) is 6.92 Å². The Hall–Kier alpha value is -1.44. The molecule has 0 aromatic heterocycles. The number of amides is 1. The SMILES string of the molecule is Cc1ccc(S(=O)(=O)NC2C[N+]3(CCCCC3)NC2=O)cc1. The van der Waals surface area contributed by atoms with Gasteiger partial charge in [-0.05, 0) is 38.3 Å². The molecule has 2 aliphatic rings. The predicted octanol–water partition coefficient (Wildman–Crippen LogP) is 0.687. The van der Waals surface area contributed by atoms with Crippen LogP contribution in [0.5, 0.6) is 0 Å². The molecular weight excluding hydrogens is 302 g/mol. The minimum atomic E-state index is -3.67. The lowest BCUT2D eigenvalue weighted by Gasteiger charge is -2.35. The van der Waals surface area contributed by atoms with Crippen LogP contribution in [0.2, 0.25) is 0 Å². The number of carbonyl (C=O) groups excluding carboxylic acids is 1. The summed E-state index contributed by atoms with van der Waals surface area (Å²) in [6, 6.07) is 5.94. The first-order chi connectivity index (χ1) is 10.4. The van der Waals surface area contributed by atoms with Crippen molar-refractivity contribution in [3.8, 4) is 0 Å². The second kappa shape index (κ2) is 5.64. The van der Waals surface area contributed by atoms with Gasteiger partial charge in [-0.1, -0.05) is 17.7 Å². The smallest absolute Gasteiger partial charge is 0.268 e. The second-order valence-electron chi connectivity index (χ2n) is 6.30. The van der Waals surface area contributed by atoms with Crippen LogP contribution in [0, 0.1) is 6.92 Å². The van der Waals surface area contributed by atoms with Crippen molar-refractivity contribution in [3.63, 3.8) is 0 Å². The summed E-state index contributed by atoms with van der Waals surface area (Å²) < 4.78 is 27.9. The number of hydrogen-bond acceptors (Lipinski definition) is 3. The summed E-state index contributed by atoms with van der Waals surface area (Å²) >= 11 is 0. The van der Waals surface area contributed by atoms with Gasteiger partial charge in [0.25, 0.3) is 5.91 Å². The van der Waals surface area contributed by atoms with Gasteiger partial charge in [-0.3, -0.25) is 4.79 Å². The summed E-state index contributed by atoms with van der Waals surface area (Å²) in [6.45, 7) is 4.16. The van der Waals surface area contributed by atoms with Crippen molar-refractivity contribution in [3.05, 3.63) is 29.8 Å². The maximum Gasteiger partial charge on any atom is 0.289 e. The number of benzene rings is 1. The standard InChI is InChI=1S/C15H21N3O3S/c1-12-5-7-13(8-6-12)22(20,21)17-14-11-18(16-15(14)19)9-3-2-4-10-18/h5-8,14,17H,2-4,9-11H2,1H3/p+1. The molecule has 2 N–H and O–H groups in total. The van der Waals surface area contributed by atoms with Crippen molar-refractivity contribution in [2.75, 3.05) is 19.6 Å². The average Bonchev–Trinajstić information content (AvgIpc) is 2.75. The van der Waals surface area contributed by atoms with E-state index in [4.69, 9.17) is 0 Å². The van der Waals surface area contributed by atoms with Gasteiger partial charge in [0.2, 0.25) is 10.0 Å². The molecule has 1 spiro atoms. The Morgan fingerprint density at radius 1 is 1.14 bits per heavy atom. The highest BCUT2D eigenvalue weighted by molar-refractivity contribution is 7.89. The van der Waals surface area contributed by atoms with E-state index < -0.39 is 16.1 Å². The van der Waals surface area contributed by atoms with E-state index in [0.29, 0.717) is 11.1 Å². The third-order valence-corrected chi connectivity index (χ3v) is 5.98. The summed E-state index contributed by atoms with van der Waals surface area (Å²) in [7, 11) is -3.67. The number of nitrogens with one attached hydrogen (secondary N) is 2. The molecule has 3 rings (SSSR count). The van der Waals surface area contributed by atoms with Crippen LogP contribution in [-0.4, -0.2) is 44.6 Å². The lowest BCUT2D eigenvalue weighted by atomic mass is 10.1. The first-order valence-corrected chi connectivity index (χ1v) is 9.16. The largest absolute Gasteiger partial charge is 0.289 e. The van der Waals surface area contributed by atoms with Crippen LogP contribution in [0.4, 0.5) is 0 Å². The van der Waals surface area contributed by atoms with Crippen LogP contribution in [0.1, 0.15) is 24.8 Å². The topological polar surface area (TPSA) is 75.3 Å². The molecule has 22 heavy (non-hydrogen) atoms. The van der Waals surface area contributed by atoms with Crippen LogP contribution in [0.3, 0.4) is 0 Å². The van der Waals surface area contributed by atoms with Crippen LogP contribution in [-0.2, 0) is 14.8 Å². The Labute approximate surface area is 131 Å². The van der Waals surface area contributed by atoms with Gasteiger partial charge < -0.3 is 0 Å². The molecule has 2 fully saturated rings. The molecule has 1 atom stereocenters. The molecule has 1 aromatic carbocycles. The fourth-order valence-corrected chi connectivity index (χ4v) is 4.45. The average molecular weight is 324 g/mol. The van der Waals surface area contributed by atoms with Crippen molar-refractivity contribution in [2.45, 2.75) is 37.1 Å². The van der Waals surface area contributed by atoms with Crippen molar-refractivity contribution in [1.29, 1.82) is 0 Å². The summed E-state index contributed by atoms with van der Waals surface area (Å²) in [5, 5.41) is 0. The van der Waals surface area contributed by atoms with E-state index in [2.05, 4.69) is 10.1 Å². The zero-order valence-corrected chi connectivity index (χ0v) is 13.5. The molecule has 7 heteroatoms. The molecule has 2 heterocycles. The lowest BCUT2D eigenvalue weighted by molar-refractivity contribution is -0.957. The summed E-state index contributed by atoms with van der Waals surface area (Å²) in [4.78, 5) is 12.4. The summed E-state index contributed by atoms with van der Waals surface area (Å²) in [5.74, 6) is -0.224. The number of hydrogen-bond donors (Lipinski definition) is 2. The van der Waals surface area contributed by atoms with Crippen LogP contribution in [0.15, 0.2) is 29.2 Å². The number of sulfonamides is 1. The molecule has 1 unspecified atom stereocenters. The van der Waals surface area contributed by atoms with Gasteiger partial charge in [0, 0.05) is 0 Å². The van der Waals surface area contributed by atoms with E-state index in [-0.39, 0.29) is 10.8 Å². The van der Waals surface area contributed by atoms with E-state index in [1.165, 1.54) is 6.42 Å². The van der Waals surface area contributed by atoms with Gasteiger partial charge in [0.15, 0.2) is 6.04 Å². The third-order valence-electron chi connectivity index (χ3n) is 4.50. The van der Waals surface area contributed by atoms with Crippen LogP contribution < -0.4 is 10.1 Å². The highest BCUT2D eigenvalue weighted by atomic mass is 32.2. The highest BCUT2D eigenvalue weighted by Gasteiger charge is 2.46. The Balaban J connectivity index is 1.75. The number of quaternary nitrogens is 1. The molecule has 0 radical (unpaired) electrons. The van der Waals surface area contributed by atoms with Gasteiger partial charge in [0.05, 0.1) is 4.90 Å². The summed E-state index contributed by atoms with van der Waals surface area (Å²) in [5.41, 5.74) is 3.97. The van der Waals surface area contributed by atoms with Gasteiger partial charge in [-0.25, -0.2) is 18.4 Å². The maximum absolute atomic E-state index is 12.4. The summed E-state index contributed by atoms with van der Waals surface area (Å²) in [6.07, 6.45) is 3.31. The van der Waals surface area contributed by atoms with E-state index in [0.717, 1.165) is 31.5 Å². The first-order valence-electron chi connectivity index (χ1n) is 7.67. The van der Waals surface area contributed by atoms with E-state index >= 15 is 0 Å². The molecule has 6 nitrogen and oxygen atoms in total. The Morgan fingerprint density at radius 3 is 2.41 bits per heavy atom. The third kappa shape index (κ3) is 3.02. The quantitative estimate of drug-likeness (QED) is 0.803. The van der Waals surface area contributed by atoms with E-state index in [1.54, 1.807) is 24.3 Å². The van der Waals surface area contributed by atoms with Gasteiger partial charge in [-0.15, -0.1) is 0 Å². The molecule has 0 bridgehead atoms. The number of carbonyl (C=O) groups is 1. The van der Waals surface area contributed by atoms with Gasteiger partial charge in [0.1, 0.15) is 19.6 Å². The van der Waals surface area contributed by atoms with Crippen molar-refractivity contribution in [1.82, 2.24) is 10.1 Å².